The number of nitrogens with zero attached hydrogens (tertiary/aromatic N) is 1. The van der Waals surface area contributed by atoms with Crippen LogP contribution < -0.4 is 0 Å². The fourth-order valence-electron chi connectivity index (χ4n) is 0.878. The Balaban J connectivity index is 2.87. The number of aliphatic hydroxyl groups is 1. The van der Waals surface area contributed by atoms with E-state index in [0.29, 0.717) is 5.56 Å². The van der Waals surface area contributed by atoms with Crippen molar-refractivity contribution in [3.8, 4) is 0 Å². The predicted molar refractivity (Wildman–Crippen MR) is 46.2 cm³/mol. The first kappa shape index (κ1) is 9.67. The molecule has 4 heteroatoms. The Morgan fingerprint density at radius 2 is 2.31 bits per heavy atom. The first-order valence-electron chi connectivity index (χ1n) is 3.87. The van der Waals surface area contributed by atoms with Crippen LogP contribution in [0.4, 0.5) is 0 Å². The summed E-state index contributed by atoms with van der Waals surface area (Å²) in [5.41, 5.74) is 0.916. The van der Waals surface area contributed by atoms with Gasteiger partial charge in [0.05, 0.1) is 13.2 Å². The van der Waals surface area contributed by atoms with E-state index in [1.54, 1.807) is 13.0 Å². The lowest BCUT2D eigenvalue weighted by Crippen LogP contribution is -2.04. The maximum absolute atomic E-state index is 10.9. The molecule has 1 rings (SSSR count). The molecule has 1 atom stereocenters. The second kappa shape index (κ2) is 4.00. The van der Waals surface area contributed by atoms with E-state index in [-0.39, 0.29) is 5.69 Å². The van der Waals surface area contributed by atoms with Gasteiger partial charge in [-0.05, 0) is 18.6 Å². The number of pyridine rings is 1. The topological polar surface area (TPSA) is 59.4 Å². The molecule has 1 N–H and O–H groups in total. The van der Waals surface area contributed by atoms with Crippen LogP contribution >= 0.6 is 0 Å². The van der Waals surface area contributed by atoms with Crippen molar-refractivity contribution >= 4 is 5.97 Å². The molecule has 0 aliphatic rings. The standard InChI is InChI=1S/C9H11NO3/c1-6(11)7-3-4-8(10-5-7)9(12)13-2/h3-6,11H,1-2H3. The van der Waals surface area contributed by atoms with Gasteiger partial charge in [0.15, 0.2) is 0 Å². The molecule has 0 saturated carbocycles. The van der Waals surface area contributed by atoms with Gasteiger partial charge in [0.2, 0.25) is 0 Å². The lowest BCUT2D eigenvalue weighted by atomic mass is 10.2. The number of hydrogen-bond acceptors (Lipinski definition) is 4. The normalized spacial score (nSPS) is 12.2. The van der Waals surface area contributed by atoms with Gasteiger partial charge in [0, 0.05) is 6.20 Å². The van der Waals surface area contributed by atoms with E-state index >= 15 is 0 Å². The molecule has 0 saturated heterocycles. The Labute approximate surface area is 76.2 Å². The SMILES string of the molecule is COC(=O)c1ccc(C(C)O)cn1. The lowest BCUT2D eigenvalue weighted by Gasteiger charge is -2.03. The third kappa shape index (κ3) is 2.26. The average Bonchev–Trinajstić information content (AvgIpc) is 2.17. The van der Waals surface area contributed by atoms with Crippen molar-refractivity contribution in [1.82, 2.24) is 4.98 Å². The van der Waals surface area contributed by atoms with E-state index < -0.39 is 12.1 Å². The molecule has 0 aliphatic carbocycles. The molecule has 0 radical (unpaired) electrons. The molecule has 0 bridgehead atoms. The molecule has 0 fully saturated rings. The lowest BCUT2D eigenvalue weighted by molar-refractivity contribution is 0.0593. The molecule has 1 aromatic rings. The summed E-state index contributed by atoms with van der Waals surface area (Å²) in [4.78, 5) is 14.8. The van der Waals surface area contributed by atoms with Gasteiger partial charge in [0.1, 0.15) is 5.69 Å². The summed E-state index contributed by atoms with van der Waals surface area (Å²) in [6.45, 7) is 1.63. The fraction of sp³-hybridized carbons (Fsp3) is 0.333. The van der Waals surface area contributed by atoms with Crippen LogP contribution in [0, 0.1) is 0 Å². The van der Waals surface area contributed by atoms with Crippen molar-refractivity contribution in [3.63, 3.8) is 0 Å². The first-order valence-corrected chi connectivity index (χ1v) is 3.87. The summed E-state index contributed by atoms with van der Waals surface area (Å²) in [5, 5.41) is 9.15. The van der Waals surface area contributed by atoms with Crippen molar-refractivity contribution in [2.75, 3.05) is 7.11 Å². The molecule has 1 unspecified atom stereocenters. The number of aromatic nitrogens is 1. The Morgan fingerprint density at radius 3 is 2.69 bits per heavy atom. The molecular formula is C9H11NO3. The maximum Gasteiger partial charge on any atom is 0.356 e. The molecule has 1 aromatic heterocycles. The highest BCUT2D eigenvalue weighted by Crippen LogP contribution is 2.10. The largest absolute Gasteiger partial charge is 0.464 e. The minimum Gasteiger partial charge on any atom is -0.464 e. The number of carbonyl (C=O) groups excluding carboxylic acids is 1. The summed E-state index contributed by atoms with van der Waals surface area (Å²) in [5.74, 6) is -0.475. The second-order valence-corrected chi connectivity index (χ2v) is 2.64. The first-order chi connectivity index (χ1) is 6.15. The predicted octanol–water partition coefficient (Wildman–Crippen LogP) is 0.921. The monoisotopic (exact) mass is 181 g/mol. The van der Waals surface area contributed by atoms with Gasteiger partial charge >= 0.3 is 5.97 Å². The Kier molecular flexibility index (Phi) is 2.97. The second-order valence-electron chi connectivity index (χ2n) is 2.64. The van der Waals surface area contributed by atoms with Crippen molar-refractivity contribution in [1.29, 1.82) is 0 Å². The van der Waals surface area contributed by atoms with E-state index in [1.165, 1.54) is 19.4 Å². The molecule has 70 valence electrons. The fourth-order valence-corrected chi connectivity index (χ4v) is 0.878. The number of hydrogen-bond donors (Lipinski definition) is 1. The summed E-state index contributed by atoms with van der Waals surface area (Å²) in [7, 11) is 1.30. The Hall–Kier alpha value is -1.42. The van der Waals surface area contributed by atoms with Crippen molar-refractivity contribution in [3.05, 3.63) is 29.6 Å². The molecule has 4 nitrogen and oxygen atoms in total. The minimum atomic E-state index is -0.570. The molecule has 0 aliphatic heterocycles. The maximum atomic E-state index is 10.9. The van der Waals surface area contributed by atoms with Crippen molar-refractivity contribution in [2.45, 2.75) is 13.0 Å². The molecular weight excluding hydrogens is 170 g/mol. The zero-order chi connectivity index (χ0) is 9.84. The van der Waals surface area contributed by atoms with Crippen molar-refractivity contribution in [2.24, 2.45) is 0 Å². The number of aliphatic hydroxyl groups excluding tert-OH is 1. The van der Waals surface area contributed by atoms with E-state index in [9.17, 15) is 4.79 Å². The molecule has 1 heterocycles. The van der Waals surface area contributed by atoms with Gasteiger partial charge in [-0.3, -0.25) is 0 Å². The summed E-state index contributed by atoms with van der Waals surface area (Å²) in [6.07, 6.45) is 0.885. The third-order valence-electron chi connectivity index (χ3n) is 1.66. The van der Waals surface area contributed by atoms with Crippen LogP contribution in [0.3, 0.4) is 0 Å². The molecule has 13 heavy (non-hydrogen) atoms. The van der Waals surface area contributed by atoms with Gasteiger partial charge in [-0.25, -0.2) is 9.78 Å². The highest BCUT2D eigenvalue weighted by Gasteiger charge is 2.07. The zero-order valence-electron chi connectivity index (χ0n) is 7.52. The summed E-state index contributed by atoms with van der Waals surface area (Å²) in [6, 6.07) is 3.16. The minimum absolute atomic E-state index is 0.243. The van der Waals surface area contributed by atoms with Crippen LogP contribution in [0.5, 0.6) is 0 Å². The Bertz CT molecular complexity index is 292. The number of methoxy groups -OCH3 is 1. The van der Waals surface area contributed by atoms with Gasteiger partial charge in [-0.1, -0.05) is 6.07 Å². The van der Waals surface area contributed by atoms with Gasteiger partial charge in [-0.15, -0.1) is 0 Å². The van der Waals surface area contributed by atoms with Crippen LogP contribution in [0.1, 0.15) is 29.1 Å². The average molecular weight is 181 g/mol. The van der Waals surface area contributed by atoms with E-state index in [1.807, 2.05) is 0 Å². The Morgan fingerprint density at radius 1 is 1.62 bits per heavy atom. The van der Waals surface area contributed by atoms with Gasteiger partial charge < -0.3 is 9.84 Å². The van der Waals surface area contributed by atoms with E-state index in [0.717, 1.165) is 0 Å². The highest BCUT2D eigenvalue weighted by molar-refractivity contribution is 5.86. The number of rotatable bonds is 2. The summed E-state index contributed by atoms with van der Waals surface area (Å²) < 4.78 is 4.47. The van der Waals surface area contributed by atoms with Gasteiger partial charge in [0.25, 0.3) is 0 Å². The van der Waals surface area contributed by atoms with Crippen LogP contribution in [0.15, 0.2) is 18.3 Å². The van der Waals surface area contributed by atoms with Crippen LogP contribution in [0.25, 0.3) is 0 Å². The zero-order valence-corrected chi connectivity index (χ0v) is 7.52. The number of esters is 1. The van der Waals surface area contributed by atoms with Crippen LogP contribution in [-0.2, 0) is 4.74 Å². The molecule has 0 spiro atoms. The van der Waals surface area contributed by atoms with Crippen molar-refractivity contribution < 1.29 is 14.6 Å². The van der Waals surface area contributed by atoms with E-state index in [4.69, 9.17) is 5.11 Å². The quantitative estimate of drug-likeness (QED) is 0.689. The highest BCUT2D eigenvalue weighted by atomic mass is 16.5. The molecule has 0 amide bonds. The van der Waals surface area contributed by atoms with E-state index in [2.05, 4.69) is 9.72 Å². The smallest absolute Gasteiger partial charge is 0.356 e. The molecule has 0 aromatic carbocycles. The summed E-state index contributed by atoms with van der Waals surface area (Å²) >= 11 is 0. The number of ether oxygens (including phenoxy) is 1. The number of carbonyl (C=O) groups is 1. The van der Waals surface area contributed by atoms with Crippen LogP contribution in [0.2, 0.25) is 0 Å². The van der Waals surface area contributed by atoms with Crippen LogP contribution in [-0.4, -0.2) is 23.2 Å². The third-order valence-corrected chi connectivity index (χ3v) is 1.66. The van der Waals surface area contributed by atoms with Gasteiger partial charge in [-0.2, -0.15) is 0 Å².